The molecule has 0 aliphatic carbocycles. The van der Waals surface area contributed by atoms with Crippen LogP contribution in [0, 0.1) is 0 Å². The van der Waals surface area contributed by atoms with Gasteiger partial charge in [-0.1, -0.05) is 6.58 Å². The van der Waals surface area contributed by atoms with E-state index in [0.717, 1.165) is 0 Å². The van der Waals surface area contributed by atoms with Crippen LogP contribution in [0.1, 0.15) is 0 Å². The van der Waals surface area contributed by atoms with Gasteiger partial charge in [0.2, 0.25) is 0 Å². The van der Waals surface area contributed by atoms with Gasteiger partial charge in [-0.25, -0.2) is 4.79 Å². The Morgan fingerprint density at radius 3 is 1.57 bits per heavy atom. The maximum absolute atomic E-state index is 10.1. The maximum atomic E-state index is 10.1. The third kappa shape index (κ3) is 2.96. The summed E-state index contributed by atoms with van der Waals surface area (Å²) in [6, 6.07) is 0. The number of carboxylic acid groups (broad SMARTS) is 1. The fraction of sp³-hybridized carbons (Fsp3) is 0.571. The van der Waals surface area contributed by atoms with Gasteiger partial charge in [-0.15, -0.1) is 0 Å². The highest BCUT2D eigenvalue weighted by atomic mass is 16.4. The van der Waals surface area contributed by atoms with E-state index in [-0.39, 0.29) is 0 Å². The normalized spacial score (nSPS) is 19.4. The van der Waals surface area contributed by atoms with Crippen LogP contribution in [-0.2, 0) is 4.79 Å². The van der Waals surface area contributed by atoms with Crippen molar-refractivity contribution in [3.63, 3.8) is 0 Å². The molecule has 0 radical (unpaired) electrons. The first-order chi connectivity index (χ1) is 6.29. The summed E-state index contributed by atoms with van der Waals surface area (Å²) in [5, 5.41) is 52.6. The molecule has 0 aromatic rings. The second-order valence-electron chi connectivity index (χ2n) is 2.70. The fourth-order valence-corrected chi connectivity index (χ4v) is 0.717. The van der Waals surface area contributed by atoms with Gasteiger partial charge in [-0.05, 0) is 0 Å². The summed E-state index contributed by atoms with van der Waals surface area (Å²) in [5.74, 6) is -2.60. The number of aliphatic hydroxyl groups excluding tert-OH is 5. The Morgan fingerprint density at radius 2 is 1.29 bits per heavy atom. The average Bonchev–Trinajstić information content (AvgIpc) is 2.12. The predicted molar refractivity (Wildman–Crippen MR) is 43.4 cm³/mol. The minimum Gasteiger partial charge on any atom is -0.510 e. The van der Waals surface area contributed by atoms with Crippen molar-refractivity contribution in [3.8, 4) is 0 Å². The summed E-state index contributed by atoms with van der Waals surface area (Å²) in [4.78, 5) is 10.1. The molecule has 14 heavy (non-hydrogen) atoms. The van der Waals surface area contributed by atoms with E-state index in [1.807, 2.05) is 0 Å². The molecule has 4 atom stereocenters. The molecule has 0 amide bonds. The van der Waals surface area contributed by atoms with E-state index in [2.05, 4.69) is 6.58 Å². The Morgan fingerprint density at radius 1 is 0.929 bits per heavy atom. The van der Waals surface area contributed by atoms with Crippen LogP contribution in [0.5, 0.6) is 0 Å². The van der Waals surface area contributed by atoms with Gasteiger partial charge in [0.25, 0.3) is 0 Å². The Balaban J connectivity index is 4.45. The highest BCUT2D eigenvalue weighted by molar-refractivity contribution is 5.72. The van der Waals surface area contributed by atoms with Crippen molar-refractivity contribution in [2.75, 3.05) is 0 Å². The first-order valence-corrected chi connectivity index (χ1v) is 3.62. The van der Waals surface area contributed by atoms with Crippen LogP contribution in [0.2, 0.25) is 0 Å². The smallest absolute Gasteiger partial charge is 0.335 e. The third-order valence-electron chi connectivity index (χ3n) is 1.59. The molecule has 0 heterocycles. The molecule has 0 aliphatic rings. The molecule has 0 saturated carbocycles. The number of hydrogen-bond donors (Lipinski definition) is 6. The van der Waals surface area contributed by atoms with Gasteiger partial charge in [0.1, 0.15) is 24.1 Å². The van der Waals surface area contributed by atoms with Crippen LogP contribution >= 0.6 is 0 Å². The number of carboxylic acids is 1. The highest BCUT2D eigenvalue weighted by Gasteiger charge is 2.35. The first-order valence-electron chi connectivity index (χ1n) is 3.62. The van der Waals surface area contributed by atoms with Crippen molar-refractivity contribution in [1.82, 2.24) is 0 Å². The van der Waals surface area contributed by atoms with E-state index < -0.39 is 36.1 Å². The number of carbonyl (C=O) groups is 1. The zero-order valence-corrected chi connectivity index (χ0v) is 7.11. The van der Waals surface area contributed by atoms with E-state index in [1.165, 1.54) is 0 Å². The number of aliphatic hydroxyl groups is 5. The quantitative estimate of drug-likeness (QED) is 0.276. The van der Waals surface area contributed by atoms with Crippen molar-refractivity contribution in [2.24, 2.45) is 0 Å². The summed E-state index contributed by atoms with van der Waals surface area (Å²) in [5.41, 5.74) is 0. The lowest BCUT2D eigenvalue weighted by Crippen LogP contribution is -2.48. The molecular weight excluding hydrogens is 196 g/mol. The molecule has 7 heteroatoms. The predicted octanol–water partition coefficient (Wildman–Crippen LogP) is -2.41. The molecule has 6 N–H and O–H groups in total. The summed E-state index contributed by atoms with van der Waals surface area (Å²) in [6.45, 7) is 2.87. The Kier molecular flexibility index (Phi) is 4.51. The van der Waals surface area contributed by atoms with Crippen LogP contribution in [0.3, 0.4) is 0 Å². The zero-order chi connectivity index (χ0) is 11.5. The van der Waals surface area contributed by atoms with Crippen molar-refractivity contribution >= 4 is 5.97 Å². The summed E-state index contributed by atoms with van der Waals surface area (Å²) in [6.07, 6.45) is -8.32. The standard InChI is InChI=1S/C7H12O7/c1-2(8)3(9)4(10)5(11)6(12)7(13)14/h3-6,8-12H,1H2,(H,13,14)/t3?,4?,5-,6+/m1/s1. The Bertz CT molecular complexity index is 202. The molecular formula is C7H12O7. The SMILES string of the molecule is C=C(O)C(O)C(O)[C@@H](O)[C@H](O)C(=O)O. The van der Waals surface area contributed by atoms with Crippen molar-refractivity contribution < 1.29 is 35.4 Å². The summed E-state index contributed by atoms with van der Waals surface area (Å²) >= 11 is 0. The third-order valence-corrected chi connectivity index (χ3v) is 1.59. The van der Waals surface area contributed by atoms with Gasteiger partial charge < -0.3 is 30.6 Å². The maximum Gasteiger partial charge on any atom is 0.335 e. The van der Waals surface area contributed by atoms with Gasteiger partial charge >= 0.3 is 5.97 Å². The number of rotatable bonds is 5. The molecule has 0 bridgehead atoms. The van der Waals surface area contributed by atoms with Crippen LogP contribution in [-0.4, -0.2) is 61.0 Å². The van der Waals surface area contributed by atoms with Gasteiger partial charge in [-0.2, -0.15) is 0 Å². The molecule has 0 aromatic heterocycles. The monoisotopic (exact) mass is 208 g/mol. The second kappa shape index (κ2) is 4.91. The number of hydrogen-bond acceptors (Lipinski definition) is 6. The van der Waals surface area contributed by atoms with Gasteiger partial charge in [0.05, 0.1) is 0 Å². The molecule has 0 saturated heterocycles. The highest BCUT2D eigenvalue weighted by Crippen LogP contribution is 2.09. The van der Waals surface area contributed by atoms with E-state index in [1.54, 1.807) is 0 Å². The zero-order valence-electron chi connectivity index (χ0n) is 7.11. The molecule has 2 unspecified atom stereocenters. The summed E-state index contributed by atoms with van der Waals surface area (Å²) in [7, 11) is 0. The second-order valence-corrected chi connectivity index (χ2v) is 2.70. The minimum atomic E-state index is -2.25. The van der Waals surface area contributed by atoms with E-state index >= 15 is 0 Å². The van der Waals surface area contributed by atoms with Crippen LogP contribution in [0.25, 0.3) is 0 Å². The van der Waals surface area contributed by atoms with Crippen LogP contribution in [0.15, 0.2) is 12.3 Å². The van der Waals surface area contributed by atoms with E-state index in [9.17, 15) is 4.79 Å². The first kappa shape index (κ1) is 12.8. The van der Waals surface area contributed by atoms with Crippen molar-refractivity contribution in [1.29, 1.82) is 0 Å². The van der Waals surface area contributed by atoms with E-state index in [0.29, 0.717) is 0 Å². The van der Waals surface area contributed by atoms with Crippen molar-refractivity contribution in [2.45, 2.75) is 24.4 Å². The lowest BCUT2D eigenvalue weighted by molar-refractivity contribution is -0.162. The van der Waals surface area contributed by atoms with Crippen LogP contribution < -0.4 is 0 Å². The van der Waals surface area contributed by atoms with Gasteiger partial charge in [0.15, 0.2) is 6.10 Å². The molecule has 82 valence electrons. The average molecular weight is 208 g/mol. The molecule has 7 nitrogen and oxygen atoms in total. The molecule has 0 rings (SSSR count). The molecule has 0 spiro atoms. The topological polar surface area (TPSA) is 138 Å². The van der Waals surface area contributed by atoms with Gasteiger partial charge in [0, 0.05) is 0 Å². The molecule has 0 aromatic carbocycles. The minimum absolute atomic E-state index is 0.839. The molecule has 0 aliphatic heterocycles. The van der Waals surface area contributed by atoms with Crippen LogP contribution in [0.4, 0.5) is 0 Å². The molecule has 0 fully saturated rings. The lowest BCUT2D eigenvalue weighted by Gasteiger charge is -2.23. The van der Waals surface area contributed by atoms with Gasteiger partial charge in [-0.3, -0.25) is 0 Å². The van der Waals surface area contributed by atoms with Crippen molar-refractivity contribution in [3.05, 3.63) is 12.3 Å². The largest absolute Gasteiger partial charge is 0.510 e. The lowest BCUT2D eigenvalue weighted by atomic mass is 10.0. The number of aliphatic carboxylic acids is 1. The Hall–Kier alpha value is -1.15. The van der Waals surface area contributed by atoms with E-state index in [4.69, 9.17) is 30.6 Å². The Labute approximate surface area is 79.2 Å². The fourth-order valence-electron chi connectivity index (χ4n) is 0.717. The summed E-state index contributed by atoms with van der Waals surface area (Å²) < 4.78 is 0.